The molecule has 7 heteroatoms. The van der Waals surface area contributed by atoms with Gasteiger partial charge in [-0.15, -0.1) is 0 Å². The molecular formula is C14H11ClF2N2O2. The first-order valence-electron chi connectivity index (χ1n) is 5.81. The van der Waals surface area contributed by atoms with Gasteiger partial charge in [0.25, 0.3) is 5.91 Å². The van der Waals surface area contributed by atoms with Crippen molar-refractivity contribution in [3.05, 3.63) is 52.6 Å². The molecule has 0 spiro atoms. The number of rotatable bonds is 3. The summed E-state index contributed by atoms with van der Waals surface area (Å²) in [7, 11) is 1.45. The third-order valence-corrected chi connectivity index (χ3v) is 3.08. The molecule has 1 amide bonds. The highest BCUT2D eigenvalue weighted by Crippen LogP contribution is 2.27. The van der Waals surface area contributed by atoms with Crippen LogP contribution in [0.2, 0.25) is 5.02 Å². The summed E-state index contributed by atoms with van der Waals surface area (Å²) in [6.45, 7) is 0. The van der Waals surface area contributed by atoms with Crippen molar-refractivity contribution in [3.8, 4) is 5.75 Å². The van der Waals surface area contributed by atoms with E-state index in [4.69, 9.17) is 22.1 Å². The SMILES string of the molecule is COc1ccc(Cl)c(NC(=O)c2cc(N)c(F)cc2F)c1. The highest BCUT2D eigenvalue weighted by atomic mass is 35.5. The number of nitrogen functional groups attached to an aromatic ring is 1. The lowest BCUT2D eigenvalue weighted by Gasteiger charge is -2.10. The number of ether oxygens (including phenoxy) is 1. The van der Waals surface area contributed by atoms with Crippen LogP contribution in [0.5, 0.6) is 5.75 Å². The van der Waals surface area contributed by atoms with E-state index in [9.17, 15) is 13.6 Å². The van der Waals surface area contributed by atoms with E-state index in [-0.39, 0.29) is 22.0 Å². The maximum atomic E-state index is 13.6. The Hall–Kier alpha value is -2.34. The second-order valence-corrected chi connectivity index (χ2v) is 4.56. The molecule has 0 saturated carbocycles. The number of halogens is 3. The zero-order valence-corrected chi connectivity index (χ0v) is 11.7. The number of nitrogens with one attached hydrogen (secondary N) is 1. The molecule has 2 rings (SSSR count). The zero-order valence-electron chi connectivity index (χ0n) is 10.9. The number of methoxy groups -OCH3 is 1. The van der Waals surface area contributed by atoms with Crippen LogP contribution in [0.3, 0.4) is 0 Å². The molecule has 0 radical (unpaired) electrons. The Morgan fingerprint density at radius 2 is 1.95 bits per heavy atom. The quantitative estimate of drug-likeness (QED) is 0.853. The van der Waals surface area contributed by atoms with Crippen LogP contribution >= 0.6 is 11.6 Å². The molecule has 0 saturated heterocycles. The van der Waals surface area contributed by atoms with E-state index in [2.05, 4.69) is 5.32 Å². The molecule has 0 bridgehead atoms. The van der Waals surface area contributed by atoms with E-state index in [0.717, 1.165) is 6.07 Å². The number of amides is 1. The second-order valence-electron chi connectivity index (χ2n) is 4.15. The fraction of sp³-hybridized carbons (Fsp3) is 0.0714. The molecule has 4 nitrogen and oxygen atoms in total. The molecule has 0 unspecified atom stereocenters. The number of anilines is 2. The molecular weight excluding hydrogens is 302 g/mol. The van der Waals surface area contributed by atoms with Crippen LogP contribution in [0, 0.1) is 11.6 Å². The standard InChI is InChI=1S/C14H11ClF2N2O2/c1-21-7-2-3-9(15)13(4-7)19-14(20)8-5-12(18)11(17)6-10(8)16/h2-6H,18H2,1H3,(H,19,20). The van der Waals surface area contributed by atoms with Crippen LogP contribution < -0.4 is 15.8 Å². The molecule has 2 aromatic carbocycles. The van der Waals surface area contributed by atoms with Crippen molar-refractivity contribution < 1.29 is 18.3 Å². The van der Waals surface area contributed by atoms with Crippen LogP contribution in [0.4, 0.5) is 20.2 Å². The summed E-state index contributed by atoms with van der Waals surface area (Å²) in [5.41, 5.74) is 4.86. The largest absolute Gasteiger partial charge is 0.497 e. The third-order valence-electron chi connectivity index (χ3n) is 2.75. The minimum atomic E-state index is -1.02. The van der Waals surface area contributed by atoms with Crippen LogP contribution in [0.1, 0.15) is 10.4 Å². The van der Waals surface area contributed by atoms with Crippen molar-refractivity contribution in [1.82, 2.24) is 0 Å². The molecule has 0 heterocycles. The summed E-state index contributed by atoms with van der Waals surface area (Å²) in [5.74, 6) is -2.27. The molecule has 21 heavy (non-hydrogen) atoms. The summed E-state index contributed by atoms with van der Waals surface area (Å²) in [4.78, 5) is 12.0. The van der Waals surface area contributed by atoms with E-state index in [1.165, 1.54) is 19.2 Å². The molecule has 0 aliphatic rings. The second kappa shape index (κ2) is 5.97. The first-order chi connectivity index (χ1) is 9.92. The zero-order chi connectivity index (χ0) is 15.6. The third kappa shape index (κ3) is 3.22. The van der Waals surface area contributed by atoms with Crippen LogP contribution in [-0.4, -0.2) is 13.0 Å². The van der Waals surface area contributed by atoms with Gasteiger partial charge in [0, 0.05) is 12.1 Å². The molecule has 0 aliphatic carbocycles. The summed E-state index contributed by atoms with van der Waals surface area (Å²) in [6.07, 6.45) is 0. The smallest absolute Gasteiger partial charge is 0.258 e. The summed E-state index contributed by atoms with van der Waals surface area (Å²) >= 11 is 5.93. The number of carbonyl (C=O) groups excluding carboxylic acids is 1. The number of hydrogen-bond acceptors (Lipinski definition) is 3. The Balaban J connectivity index is 2.32. The van der Waals surface area contributed by atoms with Gasteiger partial charge in [0.2, 0.25) is 0 Å². The van der Waals surface area contributed by atoms with Gasteiger partial charge in [-0.3, -0.25) is 4.79 Å². The average molecular weight is 313 g/mol. The summed E-state index contributed by atoms with van der Waals surface area (Å²) in [6, 6.07) is 6.08. The first-order valence-corrected chi connectivity index (χ1v) is 6.19. The van der Waals surface area contributed by atoms with Gasteiger partial charge < -0.3 is 15.8 Å². The Bertz CT molecular complexity index is 708. The highest BCUT2D eigenvalue weighted by Gasteiger charge is 2.16. The van der Waals surface area contributed by atoms with E-state index >= 15 is 0 Å². The molecule has 0 fully saturated rings. The molecule has 110 valence electrons. The number of benzene rings is 2. The van der Waals surface area contributed by atoms with E-state index < -0.39 is 17.5 Å². The van der Waals surface area contributed by atoms with Crippen LogP contribution in [0.25, 0.3) is 0 Å². The predicted octanol–water partition coefficient (Wildman–Crippen LogP) is 3.46. The molecule has 0 aromatic heterocycles. The predicted molar refractivity (Wildman–Crippen MR) is 76.7 cm³/mol. The number of carbonyl (C=O) groups is 1. The lowest BCUT2D eigenvalue weighted by molar-refractivity contribution is 0.102. The van der Waals surface area contributed by atoms with Gasteiger partial charge >= 0.3 is 0 Å². The monoisotopic (exact) mass is 312 g/mol. The molecule has 0 atom stereocenters. The fourth-order valence-corrected chi connectivity index (χ4v) is 1.82. The Labute approximate surface area is 124 Å². The van der Waals surface area contributed by atoms with E-state index in [0.29, 0.717) is 11.8 Å². The van der Waals surface area contributed by atoms with Crippen LogP contribution in [0.15, 0.2) is 30.3 Å². The minimum absolute atomic E-state index is 0.239. The van der Waals surface area contributed by atoms with Crippen molar-refractivity contribution in [2.75, 3.05) is 18.2 Å². The van der Waals surface area contributed by atoms with E-state index in [1.807, 2.05) is 0 Å². The van der Waals surface area contributed by atoms with E-state index in [1.54, 1.807) is 6.07 Å². The summed E-state index contributed by atoms with van der Waals surface area (Å²) in [5, 5.41) is 2.67. The highest BCUT2D eigenvalue weighted by molar-refractivity contribution is 6.34. The van der Waals surface area contributed by atoms with Gasteiger partial charge in [-0.1, -0.05) is 11.6 Å². The molecule has 0 aliphatic heterocycles. The van der Waals surface area contributed by atoms with Crippen molar-refractivity contribution in [2.24, 2.45) is 0 Å². The van der Waals surface area contributed by atoms with Gasteiger partial charge in [0.1, 0.15) is 17.4 Å². The lowest BCUT2D eigenvalue weighted by Crippen LogP contribution is -2.15. The Morgan fingerprint density at radius 1 is 1.24 bits per heavy atom. The van der Waals surface area contributed by atoms with Crippen molar-refractivity contribution >= 4 is 28.9 Å². The Morgan fingerprint density at radius 3 is 2.62 bits per heavy atom. The molecule has 3 N–H and O–H groups in total. The topological polar surface area (TPSA) is 64.3 Å². The normalized spacial score (nSPS) is 10.3. The van der Waals surface area contributed by atoms with Gasteiger partial charge in [0.05, 0.1) is 29.1 Å². The van der Waals surface area contributed by atoms with Crippen molar-refractivity contribution in [2.45, 2.75) is 0 Å². The van der Waals surface area contributed by atoms with Gasteiger partial charge in [-0.25, -0.2) is 8.78 Å². The maximum absolute atomic E-state index is 13.6. The molecule has 2 aromatic rings. The first kappa shape index (κ1) is 15.1. The van der Waals surface area contributed by atoms with Crippen molar-refractivity contribution in [3.63, 3.8) is 0 Å². The minimum Gasteiger partial charge on any atom is -0.497 e. The maximum Gasteiger partial charge on any atom is 0.258 e. The number of hydrogen-bond donors (Lipinski definition) is 2. The van der Waals surface area contributed by atoms with Gasteiger partial charge in [0.15, 0.2) is 0 Å². The van der Waals surface area contributed by atoms with Crippen molar-refractivity contribution in [1.29, 1.82) is 0 Å². The number of nitrogens with two attached hydrogens (primary N) is 1. The lowest BCUT2D eigenvalue weighted by atomic mass is 10.1. The van der Waals surface area contributed by atoms with Gasteiger partial charge in [-0.05, 0) is 18.2 Å². The Kier molecular flexibility index (Phi) is 4.28. The fourth-order valence-electron chi connectivity index (χ4n) is 1.66. The average Bonchev–Trinajstić information content (AvgIpc) is 2.45. The summed E-state index contributed by atoms with van der Waals surface area (Å²) < 4.78 is 31.7. The van der Waals surface area contributed by atoms with Crippen LogP contribution in [-0.2, 0) is 0 Å². The van der Waals surface area contributed by atoms with Gasteiger partial charge in [-0.2, -0.15) is 0 Å².